The van der Waals surface area contributed by atoms with E-state index in [0.29, 0.717) is 33.2 Å². The number of aromatic nitrogens is 2. The van der Waals surface area contributed by atoms with Crippen LogP contribution in [0.3, 0.4) is 0 Å². The highest BCUT2D eigenvalue weighted by molar-refractivity contribution is 7.99. The molecule has 1 saturated heterocycles. The second-order valence-electron chi connectivity index (χ2n) is 11.0. The molecular weight excluding hydrogens is 589 g/mol. The lowest BCUT2D eigenvalue weighted by Gasteiger charge is -2.45. The molecule has 4 heterocycles. The predicted octanol–water partition coefficient (Wildman–Crippen LogP) is 5.10. The highest BCUT2D eigenvalue weighted by Gasteiger charge is 2.41. The van der Waals surface area contributed by atoms with Crippen LogP contribution < -0.4 is 11.0 Å². The SMILES string of the molecule is C=CC(=O)N1[C@H](C)CN(C(=N)c2cc(C(F)(F)F)c(-c3csc4[nH]c(=O)[nH]c34)c3c2NCC(OC2CC2)CS3)C[C@@H]1C. The maximum atomic E-state index is 14.9. The number of hydrogen-bond donors (Lipinski definition) is 4. The van der Waals surface area contributed by atoms with Crippen LogP contribution in [0.2, 0.25) is 0 Å². The second-order valence-corrected chi connectivity index (χ2v) is 12.9. The van der Waals surface area contributed by atoms with Gasteiger partial charge in [-0.3, -0.25) is 15.2 Å². The predicted molar refractivity (Wildman–Crippen MR) is 159 cm³/mol. The van der Waals surface area contributed by atoms with E-state index in [0.717, 1.165) is 30.2 Å². The Labute approximate surface area is 248 Å². The molecule has 3 aliphatic rings. The molecule has 0 radical (unpaired) electrons. The number of anilines is 1. The summed E-state index contributed by atoms with van der Waals surface area (Å²) in [6.07, 6.45) is -1.60. The average molecular weight is 621 g/mol. The fraction of sp³-hybridized carbons (Fsp3) is 0.464. The van der Waals surface area contributed by atoms with E-state index in [1.54, 1.807) is 15.2 Å². The molecule has 1 unspecified atom stereocenters. The van der Waals surface area contributed by atoms with Gasteiger partial charge in [-0.15, -0.1) is 23.1 Å². The number of imidazole rings is 1. The summed E-state index contributed by atoms with van der Waals surface area (Å²) in [5, 5.41) is 14.2. The van der Waals surface area contributed by atoms with Crippen molar-refractivity contribution in [3.05, 3.63) is 45.7 Å². The van der Waals surface area contributed by atoms with Crippen molar-refractivity contribution >= 4 is 50.9 Å². The van der Waals surface area contributed by atoms with E-state index in [-0.39, 0.29) is 65.8 Å². The number of benzene rings is 1. The van der Waals surface area contributed by atoms with Gasteiger partial charge >= 0.3 is 11.9 Å². The number of H-pyrrole nitrogens is 2. The number of amides is 1. The summed E-state index contributed by atoms with van der Waals surface area (Å²) in [5.41, 5.74) is -0.207. The van der Waals surface area contributed by atoms with E-state index < -0.39 is 17.4 Å². The van der Waals surface area contributed by atoms with Crippen LogP contribution in [-0.4, -0.2) is 81.2 Å². The van der Waals surface area contributed by atoms with Crippen LogP contribution in [-0.2, 0) is 15.7 Å². The summed E-state index contributed by atoms with van der Waals surface area (Å²) in [7, 11) is 0. The van der Waals surface area contributed by atoms with Crippen LogP contribution in [0, 0.1) is 5.41 Å². The second kappa shape index (κ2) is 10.8. The number of piperazine rings is 1. The largest absolute Gasteiger partial charge is 0.417 e. The summed E-state index contributed by atoms with van der Waals surface area (Å²) in [4.78, 5) is 34.0. The highest BCUT2D eigenvalue weighted by Crippen LogP contribution is 2.50. The number of nitrogens with zero attached hydrogens (tertiary/aromatic N) is 2. The van der Waals surface area contributed by atoms with Crippen molar-refractivity contribution in [3.8, 4) is 11.1 Å². The first-order chi connectivity index (χ1) is 20.0. The number of rotatable bonds is 5. The minimum Gasteiger partial charge on any atom is -0.381 e. The fourth-order valence-corrected chi connectivity index (χ4v) is 8.03. The minimum atomic E-state index is -4.74. The molecule has 9 nitrogen and oxygen atoms in total. The Morgan fingerprint density at radius 2 is 1.90 bits per heavy atom. The van der Waals surface area contributed by atoms with Gasteiger partial charge in [0.1, 0.15) is 10.7 Å². The summed E-state index contributed by atoms with van der Waals surface area (Å²) < 4.78 is 50.8. The number of carbonyl (C=O) groups is 1. The Morgan fingerprint density at radius 1 is 1.19 bits per heavy atom. The Morgan fingerprint density at radius 3 is 2.55 bits per heavy atom. The molecule has 14 heteroatoms. The van der Waals surface area contributed by atoms with Crippen LogP contribution in [0.4, 0.5) is 18.9 Å². The molecule has 0 spiro atoms. The number of ether oxygens (including phenoxy) is 1. The summed E-state index contributed by atoms with van der Waals surface area (Å²) in [6, 6.07) is 0.502. The number of fused-ring (bicyclic) bond motifs is 2. The molecule has 3 atom stereocenters. The van der Waals surface area contributed by atoms with Crippen molar-refractivity contribution in [2.75, 3.05) is 30.7 Å². The summed E-state index contributed by atoms with van der Waals surface area (Å²) in [6.45, 7) is 8.25. The lowest BCUT2D eigenvalue weighted by molar-refractivity contribution is -0.137. The first-order valence-corrected chi connectivity index (χ1v) is 15.6. The Hall–Kier alpha value is -3.23. The molecule has 42 heavy (non-hydrogen) atoms. The number of thioether (sulfide) groups is 1. The number of carbonyl (C=O) groups excluding carboxylic acids is 1. The molecule has 4 N–H and O–H groups in total. The number of hydrogen-bond acceptors (Lipinski definition) is 7. The molecule has 2 aromatic heterocycles. The zero-order valence-corrected chi connectivity index (χ0v) is 24.7. The molecule has 3 aromatic rings. The molecule has 224 valence electrons. The van der Waals surface area contributed by atoms with Crippen molar-refractivity contribution in [2.24, 2.45) is 0 Å². The van der Waals surface area contributed by atoms with E-state index >= 15 is 0 Å². The van der Waals surface area contributed by atoms with Crippen molar-refractivity contribution in [1.29, 1.82) is 5.41 Å². The van der Waals surface area contributed by atoms with Gasteiger partial charge in [-0.05, 0) is 38.8 Å². The molecule has 2 aliphatic heterocycles. The topological polar surface area (TPSA) is 117 Å². The average Bonchev–Trinajstić information content (AvgIpc) is 3.61. The quantitative estimate of drug-likeness (QED) is 0.179. The maximum absolute atomic E-state index is 14.9. The molecule has 0 bridgehead atoms. The molecule has 1 amide bonds. The van der Waals surface area contributed by atoms with Crippen LogP contribution in [0.15, 0.2) is 33.8 Å². The van der Waals surface area contributed by atoms with E-state index in [1.165, 1.54) is 17.8 Å². The van der Waals surface area contributed by atoms with E-state index in [1.807, 2.05) is 13.8 Å². The van der Waals surface area contributed by atoms with Crippen molar-refractivity contribution < 1.29 is 22.7 Å². The van der Waals surface area contributed by atoms with Crippen molar-refractivity contribution in [1.82, 2.24) is 19.8 Å². The Bertz CT molecular complexity index is 1610. The fourth-order valence-electron chi connectivity index (χ4n) is 5.89. The Kier molecular flexibility index (Phi) is 7.42. The number of thiophene rings is 1. The van der Waals surface area contributed by atoms with E-state index in [2.05, 4.69) is 21.9 Å². The summed E-state index contributed by atoms with van der Waals surface area (Å²) in [5.74, 6) is 0.168. The van der Waals surface area contributed by atoms with E-state index in [4.69, 9.17) is 4.74 Å². The van der Waals surface area contributed by atoms with Gasteiger partial charge < -0.3 is 24.8 Å². The lowest BCUT2D eigenvalue weighted by Crippen LogP contribution is -2.59. The molecular formula is C28H31F3N6O3S2. The number of nitrogens with one attached hydrogen (secondary N) is 4. The van der Waals surface area contributed by atoms with Gasteiger partial charge in [0.05, 0.1) is 29.0 Å². The third kappa shape index (κ3) is 5.24. The number of aromatic amines is 2. The third-order valence-electron chi connectivity index (χ3n) is 7.86. The van der Waals surface area contributed by atoms with Crippen molar-refractivity contribution in [2.45, 2.75) is 62.1 Å². The number of halogens is 3. The van der Waals surface area contributed by atoms with E-state index in [9.17, 15) is 28.2 Å². The van der Waals surface area contributed by atoms with Crippen LogP contribution in [0.25, 0.3) is 21.5 Å². The molecule has 2 fully saturated rings. The minimum absolute atomic E-state index is 0.0248. The molecule has 6 rings (SSSR count). The number of alkyl halides is 3. The van der Waals surface area contributed by atoms with Gasteiger partial charge in [0, 0.05) is 64.4 Å². The van der Waals surface area contributed by atoms with Crippen LogP contribution in [0.1, 0.15) is 37.8 Å². The normalized spacial score (nSPS) is 22.9. The summed E-state index contributed by atoms with van der Waals surface area (Å²) >= 11 is 2.44. The zero-order chi connectivity index (χ0) is 29.9. The third-order valence-corrected chi connectivity index (χ3v) is 9.99. The van der Waals surface area contributed by atoms with Gasteiger partial charge in [-0.2, -0.15) is 13.2 Å². The molecule has 1 aliphatic carbocycles. The number of amidine groups is 1. The molecule has 1 saturated carbocycles. The van der Waals surface area contributed by atoms with Gasteiger partial charge in [-0.25, -0.2) is 4.79 Å². The smallest absolute Gasteiger partial charge is 0.381 e. The van der Waals surface area contributed by atoms with Crippen LogP contribution in [0.5, 0.6) is 0 Å². The standard InChI is InChI=1S/C28H31F3N6O3S2/c1-4-20(38)37-13(2)9-36(10-14(37)3)25(32)17-7-19(28(29,30)31)21(18-12-42-26-23(18)34-27(39)35-26)24-22(17)33-8-16(11-41-24)40-15-5-6-15/h4,7,12-16,32-33H,1,5-6,8-11H2,2-3H3,(H2,34,35,39)/t13-,14+,16?. The molecule has 1 aromatic carbocycles. The van der Waals surface area contributed by atoms with Gasteiger partial charge in [0.2, 0.25) is 5.91 Å². The first-order valence-electron chi connectivity index (χ1n) is 13.7. The lowest BCUT2D eigenvalue weighted by atomic mass is 9.95. The zero-order valence-electron chi connectivity index (χ0n) is 23.1. The van der Waals surface area contributed by atoms with Gasteiger partial charge in [-0.1, -0.05) is 6.58 Å². The van der Waals surface area contributed by atoms with Gasteiger partial charge in [0.25, 0.3) is 0 Å². The van der Waals surface area contributed by atoms with Crippen molar-refractivity contribution in [3.63, 3.8) is 0 Å². The Balaban J connectivity index is 1.48. The maximum Gasteiger partial charge on any atom is 0.417 e. The highest BCUT2D eigenvalue weighted by atomic mass is 32.2. The monoisotopic (exact) mass is 620 g/mol. The van der Waals surface area contributed by atoms with Gasteiger partial charge in [0.15, 0.2) is 0 Å². The van der Waals surface area contributed by atoms with Crippen LogP contribution >= 0.6 is 23.1 Å². The first kappa shape index (κ1) is 28.9.